The number of likely N-dealkylation sites (N-methyl/N-ethyl adjacent to an activating group) is 1. The maximum atomic E-state index is 13.4. The molecule has 5 rings (SSSR count). The molecule has 3 aromatic rings. The SMILES string of the molecule is CN1CCN(c2nc3c(c(Oc4ccc(F)cc4)n2)CN(C(=O)OCc2ccccc2)CC3)CC1. The minimum absolute atomic E-state index is 0.209. The van der Waals surface area contributed by atoms with E-state index in [-0.39, 0.29) is 19.0 Å². The lowest BCUT2D eigenvalue weighted by Gasteiger charge is -2.34. The van der Waals surface area contributed by atoms with Gasteiger partial charge >= 0.3 is 6.09 Å². The lowest BCUT2D eigenvalue weighted by molar-refractivity contribution is 0.0912. The third kappa shape index (κ3) is 5.51. The summed E-state index contributed by atoms with van der Waals surface area (Å²) in [4.78, 5) is 28.4. The van der Waals surface area contributed by atoms with Gasteiger partial charge in [-0.1, -0.05) is 30.3 Å². The van der Waals surface area contributed by atoms with E-state index in [9.17, 15) is 9.18 Å². The Bertz CT molecular complexity index is 1170. The summed E-state index contributed by atoms with van der Waals surface area (Å²) in [6, 6.07) is 15.4. The van der Waals surface area contributed by atoms with E-state index in [2.05, 4.69) is 16.8 Å². The van der Waals surface area contributed by atoms with Crippen LogP contribution in [0.5, 0.6) is 11.6 Å². The van der Waals surface area contributed by atoms with Crippen molar-refractivity contribution in [3.8, 4) is 11.6 Å². The smallest absolute Gasteiger partial charge is 0.410 e. The Hall–Kier alpha value is -3.72. The summed E-state index contributed by atoms with van der Waals surface area (Å²) < 4.78 is 25.1. The zero-order chi connectivity index (χ0) is 24.2. The van der Waals surface area contributed by atoms with Gasteiger partial charge in [0.1, 0.15) is 18.2 Å². The first kappa shape index (κ1) is 23.0. The van der Waals surface area contributed by atoms with E-state index in [4.69, 9.17) is 19.4 Å². The Kier molecular flexibility index (Phi) is 6.76. The number of aromatic nitrogens is 2. The number of hydrogen-bond donors (Lipinski definition) is 0. The highest BCUT2D eigenvalue weighted by Gasteiger charge is 2.29. The molecule has 1 saturated heterocycles. The number of amides is 1. The lowest BCUT2D eigenvalue weighted by atomic mass is 10.1. The molecule has 2 aliphatic rings. The van der Waals surface area contributed by atoms with Gasteiger partial charge in [0.25, 0.3) is 0 Å². The average molecular weight is 478 g/mol. The molecular weight excluding hydrogens is 449 g/mol. The molecule has 182 valence electrons. The Morgan fingerprint density at radius 1 is 0.971 bits per heavy atom. The van der Waals surface area contributed by atoms with Crippen LogP contribution in [0.1, 0.15) is 16.8 Å². The monoisotopic (exact) mass is 477 g/mol. The Morgan fingerprint density at radius 2 is 1.71 bits per heavy atom. The van der Waals surface area contributed by atoms with Crippen LogP contribution in [0.15, 0.2) is 54.6 Å². The molecule has 3 heterocycles. The van der Waals surface area contributed by atoms with Crippen LogP contribution < -0.4 is 9.64 Å². The summed E-state index contributed by atoms with van der Waals surface area (Å²) in [6.45, 7) is 4.48. The molecular formula is C26H28FN5O3. The molecule has 0 atom stereocenters. The predicted octanol–water partition coefficient (Wildman–Crippen LogP) is 3.85. The predicted molar refractivity (Wildman–Crippen MR) is 129 cm³/mol. The fourth-order valence-electron chi connectivity index (χ4n) is 4.18. The summed E-state index contributed by atoms with van der Waals surface area (Å²) in [5.41, 5.74) is 2.53. The van der Waals surface area contributed by atoms with Crippen molar-refractivity contribution >= 4 is 12.0 Å². The highest BCUT2D eigenvalue weighted by Crippen LogP contribution is 2.32. The molecule has 1 amide bonds. The first-order valence-electron chi connectivity index (χ1n) is 11.8. The first-order chi connectivity index (χ1) is 17.0. The Balaban J connectivity index is 1.38. The van der Waals surface area contributed by atoms with E-state index in [0.29, 0.717) is 30.5 Å². The van der Waals surface area contributed by atoms with Crippen LogP contribution in [0.2, 0.25) is 0 Å². The molecule has 0 radical (unpaired) electrons. The second kappa shape index (κ2) is 10.3. The quantitative estimate of drug-likeness (QED) is 0.553. The van der Waals surface area contributed by atoms with E-state index in [0.717, 1.165) is 43.0 Å². The van der Waals surface area contributed by atoms with Crippen molar-refractivity contribution in [1.82, 2.24) is 19.8 Å². The van der Waals surface area contributed by atoms with Crippen molar-refractivity contribution in [2.45, 2.75) is 19.6 Å². The number of rotatable bonds is 5. The third-order valence-electron chi connectivity index (χ3n) is 6.29. The fraction of sp³-hybridized carbons (Fsp3) is 0.346. The summed E-state index contributed by atoms with van der Waals surface area (Å²) >= 11 is 0. The highest BCUT2D eigenvalue weighted by atomic mass is 19.1. The first-order valence-corrected chi connectivity index (χ1v) is 11.8. The largest absolute Gasteiger partial charge is 0.445 e. The molecule has 0 N–H and O–H groups in total. The highest BCUT2D eigenvalue weighted by molar-refractivity contribution is 5.68. The molecule has 1 fully saturated rings. The van der Waals surface area contributed by atoms with Crippen LogP contribution in [0.4, 0.5) is 15.1 Å². The number of ether oxygens (including phenoxy) is 2. The number of anilines is 1. The van der Waals surface area contributed by atoms with E-state index in [1.165, 1.54) is 12.1 Å². The van der Waals surface area contributed by atoms with Crippen molar-refractivity contribution in [2.75, 3.05) is 44.7 Å². The Morgan fingerprint density at radius 3 is 2.46 bits per heavy atom. The van der Waals surface area contributed by atoms with Crippen LogP contribution in [0, 0.1) is 5.82 Å². The van der Waals surface area contributed by atoms with Crippen molar-refractivity contribution in [2.24, 2.45) is 0 Å². The van der Waals surface area contributed by atoms with Crippen LogP contribution >= 0.6 is 0 Å². The number of halogens is 1. The summed E-state index contributed by atoms with van der Waals surface area (Å²) in [5.74, 6) is 1.14. The van der Waals surface area contributed by atoms with Crippen LogP contribution in [0.25, 0.3) is 0 Å². The Labute approximate surface area is 203 Å². The average Bonchev–Trinajstić information content (AvgIpc) is 2.89. The molecule has 1 aromatic heterocycles. The van der Waals surface area contributed by atoms with Crippen LogP contribution in [-0.2, 0) is 24.3 Å². The van der Waals surface area contributed by atoms with E-state index in [1.54, 1.807) is 17.0 Å². The fourth-order valence-corrected chi connectivity index (χ4v) is 4.18. The third-order valence-corrected chi connectivity index (χ3v) is 6.29. The summed E-state index contributed by atoms with van der Waals surface area (Å²) in [6.07, 6.45) is 0.175. The van der Waals surface area contributed by atoms with Gasteiger partial charge in [-0.05, 0) is 36.9 Å². The van der Waals surface area contributed by atoms with Gasteiger partial charge in [0, 0.05) is 39.1 Å². The van der Waals surface area contributed by atoms with Crippen LogP contribution in [0.3, 0.4) is 0 Å². The maximum Gasteiger partial charge on any atom is 0.410 e. The standard InChI is InChI=1S/C26H28FN5O3/c1-30-13-15-31(16-14-30)25-28-23-11-12-32(26(33)34-18-19-5-3-2-4-6-19)17-22(23)24(29-25)35-21-9-7-20(27)8-10-21/h2-10H,11-18H2,1H3. The van der Waals surface area contributed by atoms with Gasteiger partial charge in [-0.25, -0.2) is 14.2 Å². The molecule has 0 spiro atoms. The number of carbonyl (C=O) groups excluding carboxylic acids is 1. The normalized spacial score (nSPS) is 16.1. The minimum atomic E-state index is -0.393. The number of hydrogen-bond acceptors (Lipinski definition) is 7. The molecule has 8 nitrogen and oxygen atoms in total. The molecule has 2 aliphatic heterocycles. The molecule has 0 aliphatic carbocycles. The van der Waals surface area contributed by atoms with Crippen LogP contribution in [-0.4, -0.2) is 65.6 Å². The van der Waals surface area contributed by atoms with Gasteiger partial charge in [0.2, 0.25) is 11.8 Å². The van der Waals surface area contributed by atoms with Gasteiger partial charge in [0.15, 0.2) is 0 Å². The molecule has 0 unspecified atom stereocenters. The maximum absolute atomic E-state index is 13.4. The molecule has 2 aromatic carbocycles. The number of carbonyl (C=O) groups is 1. The lowest BCUT2D eigenvalue weighted by Crippen LogP contribution is -2.45. The van der Waals surface area contributed by atoms with Gasteiger partial charge in [-0.2, -0.15) is 4.98 Å². The second-order valence-electron chi connectivity index (χ2n) is 8.81. The zero-order valence-electron chi connectivity index (χ0n) is 19.7. The van der Waals surface area contributed by atoms with Crippen molar-refractivity contribution in [3.63, 3.8) is 0 Å². The summed E-state index contributed by atoms with van der Waals surface area (Å²) in [7, 11) is 2.10. The second-order valence-corrected chi connectivity index (χ2v) is 8.81. The molecule has 0 saturated carbocycles. The van der Waals surface area contributed by atoms with Crippen molar-refractivity contribution < 1.29 is 18.7 Å². The minimum Gasteiger partial charge on any atom is -0.445 e. The zero-order valence-corrected chi connectivity index (χ0v) is 19.7. The number of fused-ring (bicyclic) bond motifs is 1. The summed E-state index contributed by atoms with van der Waals surface area (Å²) in [5, 5.41) is 0. The topological polar surface area (TPSA) is 71.0 Å². The van der Waals surface area contributed by atoms with E-state index in [1.807, 2.05) is 30.3 Å². The van der Waals surface area contributed by atoms with Crippen molar-refractivity contribution in [3.05, 3.63) is 77.2 Å². The van der Waals surface area contributed by atoms with Gasteiger partial charge < -0.3 is 24.2 Å². The van der Waals surface area contributed by atoms with Gasteiger partial charge in [-0.15, -0.1) is 0 Å². The number of benzene rings is 2. The molecule has 9 heteroatoms. The van der Waals surface area contributed by atoms with E-state index >= 15 is 0 Å². The number of piperazine rings is 1. The van der Waals surface area contributed by atoms with Gasteiger partial charge in [-0.3, -0.25) is 0 Å². The molecule has 0 bridgehead atoms. The van der Waals surface area contributed by atoms with Gasteiger partial charge in [0.05, 0.1) is 17.8 Å². The number of nitrogens with zero attached hydrogens (tertiary/aromatic N) is 5. The van der Waals surface area contributed by atoms with E-state index < -0.39 is 6.09 Å². The van der Waals surface area contributed by atoms with Crippen molar-refractivity contribution in [1.29, 1.82) is 0 Å². The molecule has 35 heavy (non-hydrogen) atoms.